The van der Waals surface area contributed by atoms with Crippen LogP contribution in [0.15, 0.2) is 47.4 Å². The zero-order valence-corrected chi connectivity index (χ0v) is 23.0. The quantitative estimate of drug-likeness (QED) is 0.230. The van der Waals surface area contributed by atoms with Crippen LogP contribution in [0.3, 0.4) is 0 Å². The number of aromatic nitrogens is 3. The minimum Gasteiger partial charge on any atom is -0.465 e. The van der Waals surface area contributed by atoms with E-state index in [9.17, 15) is 36.7 Å². The van der Waals surface area contributed by atoms with E-state index in [0.29, 0.717) is 0 Å². The van der Waals surface area contributed by atoms with Crippen molar-refractivity contribution in [3.63, 3.8) is 0 Å². The lowest BCUT2D eigenvalue weighted by Crippen LogP contribution is -2.44. The zero-order valence-electron chi connectivity index (χ0n) is 23.0. The number of carbonyl (C=O) groups is 3. The maximum Gasteiger partial charge on any atom is 0.405 e. The number of hydrogen-bond acceptors (Lipinski definition) is 5. The van der Waals surface area contributed by atoms with Gasteiger partial charge in [-0.25, -0.2) is 14.2 Å². The van der Waals surface area contributed by atoms with E-state index in [-0.39, 0.29) is 53.4 Å². The smallest absolute Gasteiger partial charge is 0.405 e. The van der Waals surface area contributed by atoms with Gasteiger partial charge < -0.3 is 29.8 Å². The highest BCUT2D eigenvalue weighted by Gasteiger charge is 2.28. The van der Waals surface area contributed by atoms with Crippen molar-refractivity contribution in [3.8, 4) is 0 Å². The van der Waals surface area contributed by atoms with Gasteiger partial charge in [-0.15, -0.1) is 0 Å². The number of nitrogens with zero attached hydrogens (tertiary/aromatic N) is 4. The second-order valence-electron chi connectivity index (χ2n) is 9.69. The summed E-state index contributed by atoms with van der Waals surface area (Å²) in [6.07, 6.45) is -3.12. The van der Waals surface area contributed by atoms with Gasteiger partial charge in [0.2, 0.25) is 11.8 Å². The number of amides is 3. The minimum absolute atomic E-state index is 0.00343. The van der Waals surface area contributed by atoms with Crippen molar-refractivity contribution >= 4 is 34.6 Å². The van der Waals surface area contributed by atoms with E-state index in [1.54, 1.807) is 14.1 Å². The highest BCUT2D eigenvalue weighted by Crippen LogP contribution is 2.27. The van der Waals surface area contributed by atoms with E-state index in [2.05, 4.69) is 15.6 Å². The fourth-order valence-corrected chi connectivity index (χ4v) is 4.12. The lowest BCUT2D eigenvalue weighted by molar-refractivity contribution is -0.134. The summed E-state index contributed by atoms with van der Waals surface area (Å²) in [6.45, 7) is -0.157. The van der Waals surface area contributed by atoms with Crippen LogP contribution in [0.25, 0.3) is 11.0 Å². The molecule has 0 bridgehead atoms. The van der Waals surface area contributed by atoms with E-state index >= 15 is 0 Å². The number of hydrogen-bond donors (Lipinski definition) is 3. The molecular formula is C27H30F4N6O5. The van der Waals surface area contributed by atoms with Crippen LogP contribution in [0.1, 0.15) is 30.7 Å². The molecule has 42 heavy (non-hydrogen) atoms. The second-order valence-corrected chi connectivity index (χ2v) is 9.69. The summed E-state index contributed by atoms with van der Waals surface area (Å²) in [6, 6.07) is 3.70. The molecule has 11 nitrogen and oxygen atoms in total. The van der Waals surface area contributed by atoms with Gasteiger partial charge >= 0.3 is 12.3 Å². The molecule has 0 aliphatic heterocycles. The van der Waals surface area contributed by atoms with Crippen molar-refractivity contribution in [3.05, 3.63) is 70.2 Å². The maximum absolute atomic E-state index is 14.2. The van der Waals surface area contributed by atoms with Crippen molar-refractivity contribution in [2.24, 2.45) is 7.05 Å². The Morgan fingerprint density at radius 3 is 2.57 bits per heavy atom. The third-order valence-corrected chi connectivity index (χ3v) is 6.33. The number of carboxylic acid groups (broad SMARTS) is 1. The van der Waals surface area contributed by atoms with Gasteiger partial charge in [-0.1, -0.05) is 6.08 Å². The number of anilines is 1. The average molecular weight is 595 g/mol. The Morgan fingerprint density at radius 1 is 1.21 bits per heavy atom. The van der Waals surface area contributed by atoms with Crippen LogP contribution in [-0.4, -0.2) is 68.3 Å². The van der Waals surface area contributed by atoms with Crippen LogP contribution in [-0.2, 0) is 29.6 Å². The molecule has 0 radical (unpaired) electrons. The topological polar surface area (TPSA) is 139 Å². The van der Waals surface area contributed by atoms with E-state index in [4.69, 9.17) is 5.11 Å². The lowest BCUT2D eigenvalue weighted by Gasteiger charge is -2.16. The molecule has 2 aromatic heterocycles. The summed E-state index contributed by atoms with van der Waals surface area (Å²) in [5.41, 5.74) is -0.306. The fourth-order valence-electron chi connectivity index (χ4n) is 4.12. The number of aryl methyl sites for hydroxylation is 2. The zero-order chi connectivity index (χ0) is 31.2. The monoisotopic (exact) mass is 594 g/mol. The SMILES string of the molecule is CN(C)C(=O)/C=C/CCC(NC(=O)O)C(=O)Nc1cccn(Cc2nc3c(CCC(F)(F)F)cc(F)cc3n2C)c1=O. The first-order valence-corrected chi connectivity index (χ1v) is 12.7. The molecule has 1 atom stereocenters. The molecule has 1 aromatic carbocycles. The summed E-state index contributed by atoms with van der Waals surface area (Å²) in [7, 11) is 4.66. The van der Waals surface area contributed by atoms with Gasteiger partial charge in [-0.05, 0) is 55.2 Å². The Bertz CT molecular complexity index is 1560. The van der Waals surface area contributed by atoms with Gasteiger partial charge in [-0.3, -0.25) is 14.4 Å². The van der Waals surface area contributed by atoms with Crippen molar-refractivity contribution in [2.75, 3.05) is 19.4 Å². The number of alkyl halides is 3. The maximum atomic E-state index is 14.2. The van der Waals surface area contributed by atoms with E-state index in [1.165, 1.54) is 51.6 Å². The number of carbonyl (C=O) groups excluding carboxylic acids is 2. The summed E-state index contributed by atoms with van der Waals surface area (Å²) < 4.78 is 55.2. The number of allylic oxidation sites excluding steroid dienone is 1. The number of benzene rings is 1. The Labute approximate surface area is 237 Å². The number of nitrogens with one attached hydrogen (secondary N) is 2. The van der Waals surface area contributed by atoms with Crippen molar-refractivity contribution in [2.45, 2.75) is 44.4 Å². The molecule has 0 aliphatic carbocycles. The Morgan fingerprint density at radius 2 is 1.93 bits per heavy atom. The van der Waals surface area contributed by atoms with E-state index in [1.807, 2.05) is 0 Å². The van der Waals surface area contributed by atoms with Crippen molar-refractivity contribution in [1.29, 1.82) is 0 Å². The van der Waals surface area contributed by atoms with Gasteiger partial charge in [0.15, 0.2) is 0 Å². The van der Waals surface area contributed by atoms with E-state index < -0.39 is 48.4 Å². The molecule has 0 saturated carbocycles. The third-order valence-electron chi connectivity index (χ3n) is 6.33. The molecule has 0 fully saturated rings. The summed E-state index contributed by atoms with van der Waals surface area (Å²) in [5.74, 6) is -1.55. The first kappa shape index (κ1) is 31.8. The van der Waals surface area contributed by atoms with Crippen molar-refractivity contribution in [1.82, 2.24) is 24.3 Å². The molecule has 3 N–H and O–H groups in total. The second kappa shape index (κ2) is 13.3. The Balaban J connectivity index is 1.81. The number of halogens is 4. The number of pyridine rings is 1. The number of imidazole rings is 1. The fraction of sp³-hybridized carbons (Fsp3) is 0.370. The van der Waals surface area contributed by atoms with E-state index in [0.717, 1.165) is 12.1 Å². The molecule has 1 unspecified atom stereocenters. The lowest BCUT2D eigenvalue weighted by atomic mass is 10.1. The first-order chi connectivity index (χ1) is 19.7. The van der Waals surface area contributed by atoms with Gasteiger partial charge in [0, 0.05) is 33.8 Å². The Kier molecular flexibility index (Phi) is 10.1. The predicted octanol–water partition coefficient (Wildman–Crippen LogP) is 3.42. The van der Waals surface area contributed by atoms with Gasteiger partial charge in [0.1, 0.15) is 23.4 Å². The van der Waals surface area contributed by atoms with Crippen LogP contribution in [0.5, 0.6) is 0 Å². The molecule has 226 valence electrons. The van der Waals surface area contributed by atoms with Crippen LogP contribution in [0.4, 0.5) is 28.0 Å². The van der Waals surface area contributed by atoms with Gasteiger partial charge in [0.25, 0.3) is 5.56 Å². The van der Waals surface area contributed by atoms with Gasteiger partial charge in [-0.2, -0.15) is 13.2 Å². The number of fused-ring (bicyclic) bond motifs is 1. The van der Waals surface area contributed by atoms with Crippen LogP contribution < -0.4 is 16.2 Å². The number of rotatable bonds is 11. The standard InChI is InChI=1S/C27H30F4N6O5/c1-35(2)22(38)9-5-4-7-18(33-26(41)42)24(39)32-19-8-6-12-37(25(19)40)15-21-34-23-16(10-11-27(29,30)31)13-17(28)14-20(23)36(21)3/h5-6,8-9,12-14,18,33H,4,7,10-11,15H2,1-3H3,(H,32,39)(H,41,42)/b9-5+. The predicted molar refractivity (Wildman–Crippen MR) is 145 cm³/mol. The number of likely N-dealkylation sites (N-methyl/N-ethyl adjacent to an activating group) is 1. The third kappa shape index (κ3) is 8.41. The molecule has 3 rings (SSSR count). The van der Waals surface area contributed by atoms with Crippen LogP contribution in [0.2, 0.25) is 0 Å². The summed E-state index contributed by atoms with van der Waals surface area (Å²) in [5, 5.41) is 13.7. The molecule has 0 spiro atoms. The molecule has 2 heterocycles. The van der Waals surface area contributed by atoms with Crippen LogP contribution >= 0.6 is 0 Å². The summed E-state index contributed by atoms with van der Waals surface area (Å²) >= 11 is 0. The highest BCUT2D eigenvalue weighted by atomic mass is 19.4. The molecule has 0 saturated heterocycles. The highest BCUT2D eigenvalue weighted by molar-refractivity contribution is 5.96. The molecule has 3 aromatic rings. The Hall–Kier alpha value is -4.69. The van der Waals surface area contributed by atoms with Gasteiger partial charge in [0.05, 0.1) is 17.6 Å². The normalized spacial score (nSPS) is 12.5. The minimum atomic E-state index is -4.44. The average Bonchev–Trinajstić information content (AvgIpc) is 3.20. The van der Waals surface area contributed by atoms with Crippen LogP contribution in [0, 0.1) is 5.82 Å². The molecular weight excluding hydrogens is 564 g/mol. The summed E-state index contributed by atoms with van der Waals surface area (Å²) in [4.78, 5) is 54.6. The first-order valence-electron chi connectivity index (χ1n) is 12.7. The largest absolute Gasteiger partial charge is 0.465 e. The molecule has 15 heteroatoms. The van der Waals surface area contributed by atoms with Crippen molar-refractivity contribution < 1.29 is 37.1 Å². The molecule has 3 amide bonds. The molecule has 0 aliphatic rings.